The van der Waals surface area contributed by atoms with E-state index in [0.717, 1.165) is 0 Å². The maximum absolute atomic E-state index is 12.2. The number of rotatable bonds is 6. The van der Waals surface area contributed by atoms with Crippen molar-refractivity contribution in [2.75, 3.05) is 6.61 Å². The minimum Gasteiger partial charge on any atom is -0.461 e. The minimum absolute atomic E-state index is 0.328. The third-order valence-electron chi connectivity index (χ3n) is 4.32. The molecule has 1 aliphatic rings. The van der Waals surface area contributed by atoms with Gasteiger partial charge in [-0.25, -0.2) is 0 Å². The van der Waals surface area contributed by atoms with Gasteiger partial charge in [-0.1, -0.05) is 12.1 Å². The molecule has 29 heavy (non-hydrogen) atoms. The molecule has 5 atom stereocenters. The molecule has 2 heterocycles. The lowest BCUT2D eigenvalue weighted by atomic mass is 9.99. The molecule has 7 nitrogen and oxygen atoms in total. The molecule has 1 aromatic heterocycles. The number of alkyl halides is 3. The van der Waals surface area contributed by atoms with Crippen molar-refractivity contribution in [1.82, 2.24) is 0 Å². The zero-order chi connectivity index (χ0) is 21.2. The van der Waals surface area contributed by atoms with Gasteiger partial charge in [-0.15, -0.1) is 24.5 Å². The topological polar surface area (TPSA) is 109 Å². The number of hydrogen-bond acceptors (Lipinski definition) is 8. The highest BCUT2D eigenvalue weighted by Gasteiger charge is 2.44. The van der Waals surface area contributed by atoms with Crippen molar-refractivity contribution in [2.24, 2.45) is 0 Å². The van der Waals surface area contributed by atoms with Gasteiger partial charge >= 0.3 is 6.36 Å². The summed E-state index contributed by atoms with van der Waals surface area (Å²) in [6, 6.07) is 6.99. The van der Waals surface area contributed by atoms with Gasteiger partial charge in [0, 0.05) is 6.42 Å². The molecular formula is C18H19F3O7S. The first-order valence-electron chi connectivity index (χ1n) is 8.56. The summed E-state index contributed by atoms with van der Waals surface area (Å²) in [5.41, 5.74) is 0.695. The first-order valence-corrected chi connectivity index (χ1v) is 9.44. The van der Waals surface area contributed by atoms with E-state index in [4.69, 9.17) is 9.47 Å². The number of thiophene rings is 1. The van der Waals surface area contributed by atoms with Crippen LogP contribution in [0.3, 0.4) is 0 Å². The third-order valence-corrected chi connectivity index (χ3v) is 5.22. The standard InChI is InChI=1S/C18H19F3O7S/c19-18(20,21)28-10-3-1-9(2-4-10)7-13-11(5-6-29-13)26-17-16(25)15(24)14(23)12(8-22)27-17/h1-6,12,14-17,22-25H,7-8H2/t12-,14-,15+,16-,17-/m1/s1. The van der Waals surface area contributed by atoms with E-state index >= 15 is 0 Å². The Morgan fingerprint density at radius 2 is 1.69 bits per heavy atom. The van der Waals surface area contributed by atoms with Crippen molar-refractivity contribution in [3.63, 3.8) is 0 Å². The quantitative estimate of drug-likeness (QED) is 0.542. The summed E-state index contributed by atoms with van der Waals surface area (Å²) in [5.74, 6) is 0.0140. The summed E-state index contributed by atoms with van der Waals surface area (Å²) in [6.07, 6.45) is -11.4. The molecule has 0 spiro atoms. The second-order valence-electron chi connectivity index (χ2n) is 6.39. The second-order valence-corrected chi connectivity index (χ2v) is 7.39. The summed E-state index contributed by atoms with van der Waals surface area (Å²) in [6.45, 7) is -0.576. The molecule has 11 heteroatoms. The van der Waals surface area contributed by atoms with Crippen LogP contribution in [-0.4, -0.2) is 64.1 Å². The molecule has 0 bridgehead atoms. The first-order chi connectivity index (χ1) is 13.7. The van der Waals surface area contributed by atoms with E-state index in [0.29, 0.717) is 22.6 Å². The van der Waals surface area contributed by atoms with Gasteiger partial charge in [0.2, 0.25) is 6.29 Å². The maximum atomic E-state index is 12.2. The molecule has 1 fully saturated rings. The Labute approximate surface area is 167 Å². The summed E-state index contributed by atoms with van der Waals surface area (Å²) in [7, 11) is 0. The van der Waals surface area contributed by atoms with Gasteiger partial charge in [0.25, 0.3) is 0 Å². The number of ether oxygens (including phenoxy) is 3. The van der Waals surface area contributed by atoms with Crippen LogP contribution in [-0.2, 0) is 11.2 Å². The van der Waals surface area contributed by atoms with Crippen LogP contribution in [0.15, 0.2) is 35.7 Å². The highest BCUT2D eigenvalue weighted by molar-refractivity contribution is 7.10. The minimum atomic E-state index is -4.76. The van der Waals surface area contributed by atoms with Gasteiger partial charge in [-0.05, 0) is 29.1 Å². The molecular weight excluding hydrogens is 417 g/mol. The Kier molecular flexibility index (Phi) is 6.66. The molecule has 0 saturated carbocycles. The van der Waals surface area contributed by atoms with E-state index in [1.54, 1.807) is 11.4 Å². The SMILES string of the molecule is OC[C@H]1O[C@@H](Oc2ccsc2Cc2ccc(OC(F)(F)F)cc2)[C@H](O)[C@@H](O)[C@@H]1O. The van der Waals surface area contributed by atoms with Crippen molar-refractivity contribution < 1.29 is 47.8 Å². The third kappa shape index (κ3) is 5.38. The van der Waals surface area contributed by atoms with E-state index < -0.39 is 43.7 Å². The second kappa shape index (κ2) is 8.86. The average Bonchev–Trinajstić information content (AvgIpc) is 3.09. The van der Waals surface area contributed by atoms with Crippen molar-refractivity contribution in [3.8, 4) is 11.5 Å². The molecule has 2 aromatic rings. The monoisotopic (exact) mass is 436 g/mol. The summed E-state index contributed by atoms with van der Waals surface area (Å²) in [5, 5.41) is 40.7. The highest BCUT2D eigenvalue weighted by Crippen LogP contribution is 2.32. The molecule has 0 radical (unpaired) electrons. The summed E-state index contributed by atoms with van der Waals surface area (Å²) >= 11 is 1.32. The van der Waals surface area contributed by atoms with Crippen molar-refractivity contribution in [2.45, 2.75) is 43.5 Å². The lowest BCUT2D eigenvalue weighted by Gasteiger charge is -2.39. The van der Waals surface area contributed by atoms with Crippen LogP contribution in [0.1, 0.15) is 10.4 Å². The predicted octanol–water partition coefficient (Wildman–Crippen LogP) is 1.42. The van der Waals surface area contributed by atoms with Gasteiger partial charge in [0.1, 0.15) is 35.9 Å². The molecule has 3 rings (SSSR count). The average molecular weight is 436 g/mol. The summed E-state index contributed by atoms with van der Waals surface area (Å²) < 4.78 is 51.5. The number of aliphatic hydroxyl groups excluding tert-OH is 4. The van der Waals surface area contributed by atoms with Gasteiger partial charge < -0.3 is 34.6 Å². The molecule has 0 unspecified atom stereocenters. The van der Waals surface area contributed by atoms with Gasteiger partial charge in [-0.2, -0.15) is 0 Å². The van der Waals surface area contributed by atoms with Crippen molar-refractivity contribution in [3.05, 3.63) is 46.2 Å². The van der Waals surface area contributed by atoms with Gasteiger partial charge in [0.05, 0.1) is 11.5 Å². The van der Waals surface area contributed by atoms with Crippen LogP contribution in [0.25, 0.3) is 0 Å². The van der Waals surface area contributed by atoms with Crippen LogP contribution >= 0.6 is 11.3 Å². The number of halogens is 3. The zero-order valence-electron chi connectivity index (χ0n) is 14.8. The predicted molar refractivity (Wildman–Crippen MR) is 94.6 cm³/mol. The molecule has 0 aliphatic carbocycles. The first kappa shape index (κ1) is 21.8. The van der Waals surface area contributed by atoms with Crippen LogP contribution in [0.2, 0.25) is 0 Å². The summed E-state index contributed by atoms with van der Waals surface area (Å²) in [4.78, 5) is 0.700. The lowest BCUT2D eigenvalue weighted by Crippen LogP contribution is -2.60. The zero-order valence-corrected chi connectivity index (χ0v) is 15.6. The van der Waals surface area contributed by atoms with Crippen LogP contribution < -0.4 is 9.47 Å². The molecule has 1 aliphatic heterocycles. The Morgan fingerprint density at radius 3 is 2.31 bits per heavy atom. The molecule has 0 amide bonds. The van der Waals surface area contributed by atoms with Crippen LogP contribution in [0.4, 0.5) is 13.2 Å². The largest absolute Gasteiger partial charge is 0.573 e. The number of benzene rings is 1. The van der Waals surface area contributed by atoms with Gasteiger partial charge in [0.15, 0.2) is 0 Å². The normalized spacial score (nSPS) is 27.6. The van der Waals surface area contributed by atoms with E-state index in [2.05, 4.69) is 4.74 Å². The lowest BCUT2D eigenvalue weighted by molar-refractivity contribution is -0.277. The maximum Gasteiger partial charge on any atom is 0.573 e. The molecule has 1 aromatic carbocycles. The molecule has 1 saturated heterocycles. The van der Waals surface area contributed by atoms with Gasteiger partial charge in [-0.3, -0.25) is 0 Å². The van der Waals surface area contributed by atoms with E-state index in [1.165, 1.54) is 35.6 Å². The number of hydrogen-bond donors (Lipinski definition) is 4. The van der Waals surface area contributed by atoms with Crippen molar-refractivity contribution >= 4 is 11.3 Å². The van der Waals surface area contributed by atoms with Crippen molar-refractivity contribution in [1.29, 1.82) is 0 Å². The Balaban J connectivity index is 1.68. The van der Waals surface area contributed by atoms with E-state index in [-0.39, 0.29) is 5.75 Å². The van der Waals surface area contributed by atoms with E-state index in [1.807, 2.05) is 0 Å². The van der Waals surface area contributed by atoms with E-state index in [9.17, 15) is 33.6 Å². The fraction of sp³-hybridized carbons (Fsp3) is 0.444. The Hall–Kier alpha value is -1.89. The molecule has 4 N–H and O–H groups in total. The van der Waals surface area contributed by atoms with Crippen LogP contribution in [0, 0.1) is 0 Å². The Bertz CT molecular complexity index is 793. The number of aliphatic hydroxyl groups is 4. The molecule has 160 valence electrons. The fourth-order valence-electron chi connectivity index (χ4n) is 2.85. The smallest absolute Gasteiger partial charge is 0.461 e. The Morgan fingerprint density at radius 1 is 1.00 bits per heavy atom. The highest BCUT2D eigenvalue weighted by atomic mass is 32.1. The van der Waals surface area contributed by atoms with Crippen LogP contribution in [0.5, 0.6) is 11.5 Å². The fourth-order valence-corrected chi connectivity index (χ4v) is 3.69.